The van der Waals surface area contributed by atoms with Gasteiger partial charge in [0.1, 0.15) is 6.07 Å². The first kappa shape index (κ1) is 28.7. The van der Waals surface area contributed by atoms with E-state index in [1.165, 1.54) is 12.3 Å². The van der Waals surface area contributed by atoms with E-state index in [0.29, 0.717) is 19.6 Å². The molecule has 0 radical (unpaired) electrons. The van der Waals surface area contributed by atoms with Crippen molar-refractivity contribution < 1.29 is 23.3 Å². The van der Waals surface area contributed by atoms with Crippen molar-refractivity contribution in [1.29, 1.82) is 5.26 Å². The summed E-state index contributed by atoms with van der Waals surface area (Å²) >= 11 is 0. The summed E-state index contributed by atoms with van der Waals surface area (Å²) in [7, 11) is 0.326. The number of aromatic nitrogens is 2. The molecule has 0 bridgehead atoms. The maximum atomic E-state index is 13.6. The number of carbonyl (C=O) groups is 1. The van der Waals surface area contributed by atoms with Gasteiger partial charge in [-0.25, -0.2) is 18.7 Å². The lowest BCUT2D eigenvalue weighted by Crippen LogP contribution is -2.49. The summed E-state index contributed by atoms with van der Waals surface area (Å²) in [5.74, 6) is -2.46. The number of halogens is 2. The minimum Gasteiger partial charge on any atom is -0.427 e. The van der Waals surface area contributed by atoms with E-state index in [1.807, 2.05) is 44.2 Å². The third-order valence-electron chi connectivity index (χ3n) is 6.45. The van der Waals surface area contributed by atoms with Gasteiger partial charge in [0.05, 0.1) is 23.4 Å². The van der Waals surface area contributed by atoms with Gasteiger partial charge in [-0.2, -0.15) is 5.26 Å². The smallest absolute Gasteiger partial charge is 0.309 e. The summed E-state index contributed by atoms with van der Waals surface area (Å²) in [4.78, 5) is 21.3. The molecule has 3 aromatic rings. The molecule has 11 heteroatoms. The number of nitrogens with one attached hydrogen (secondary N) is 2. The Hall–Kier alpha value is -3.88. The number of carbonyl (C=O) groups excluding carboxylic acids is 1. The molecular weight excluding hydrogens is 491 g/mol. The summed E-state index contributed by atoms with van der Waals surface area (Å²) in [5.41, 5.74) is 0.304. The number of anilines is 1. The topological polar surface area (TPSA) is 120 Å². The van der Waals surface area contributed by atoms with Crippen LogP contribution in [0.25, 0.3) is 0 Å². The summed E-state index contributed by atoms with van der Waals surface area (Å²) < 4.78 is 32.8. The Balaban J connectivity index is 1.69. The molecule has 8 nitrogen and oxygen atoms in total. The molecule has 0 aliphatic heterocycles. The van der Waals surface area contributed by atoms with Gasteiger partial charge in [-0.05, 0) is 57.9 Å². The van der Waals surface area contributed by atoms with Gasteiger partial charge < -0.3 is 20.4 Å². The largest absolute Gasteiger partial charge is 0.427 e. The fourth-order valence-corrected chi connectivity index (χ4v) is 3.24. The number of hydrogen-bond donors (Lipinski definition) is 3. The fraction of sp³-hybridized carbons (Fsp3) is 0.333. The molecule has 2 aromatic carbocycles. The lowest BCUT2D eigenvalue weighted by atomic mass is 9.82. The van der Waals surface area contributed by atoms with Crippen molar-refractivity contribution in [2.45, 2.75) is 58.4 Å². The molecule has 1 aromatic heterocycles. The minimum atomic E-state index is -1.02. The van der Waals surface area contributed by atoms with Crippen molar-refractivity contribution in [1.82, 2.24) is 15.3 Å². The number of nitriles is 1. The average molecular weight is 521 g/mol. The predicted octanol–water partition coefficient (Wildman–Crippen LogP) is 3.27. The average Bonchev–Trinajstić information content (AvgIpc) is 2.87. The number of nitrogens with zero attached hydrogens (tertiary/aromatic N) is 3. The van der Waals surface area contributed by atoms with Gasteiger partial charge in [0.2, 0.25) is 0 Å². The quantitative estimate of drug-likeness (QED) is 0.351. The summed E-state index contributed by atoms with van der Waals surface area (Å²) in [6.45, 7) is 8.99. The Kier molecular flexibility index (Phi) is 8.81. The zero-order chi connectivity index (χ0) is 28.1. The SMILES string of the molecule is C[C@H](NC(=O)c1nc(C#N)cnc1NCc1ccc(BOC(C)(C)C(C)(C)O)cc1)c1ccc(F)c(F)c1. The minimum absolute atomic E-state index is 0.0421. The summed E-state index contributed by atoms with van der Waals surface area (Å²) in [6.07, 6.45) is 1.25. The Labute approximate surface area is 221 Å². The highest BCUT2D eigenvalue weighted by atomic mass is 19.2. The van der Waals surface area contributed by atoms with E-state index in [1.54, 1.807) is 20.8 Å². The highest BCUT2D eigenvalue weighted by molar-refractivity contribution is 6.47. The first-order valence-corrected chi connectivity index (χ1v) is 12.0. The Morgan fingerprint density at radius 3 is 2.45 bits per heavy atom. The van der Waals surface area contributed by atoms with Gasteiger partial charge in [0, 0.05) is 6.54 Å². The maximum absolute atomic E-state index is 13.6. The molecule has 198 valence electrons. The molecule has 0 saturated carbocycles. The van der Waals surface area contributed by atoms with Crippen LogP contribution in [-0.2, 0) is 11.2 Å². The Morgan fingerprint density at radius 1 is 1.16 bits per heavy atom. The van der Waals surface area contributed by atoms with E-state index in [-0.39, 0.29) is 17.2 Å². The van der Waals surface area contributed by atoms with Crippen LogP contribution >= 0.6 is 0 Å². The van der Waals surface area contributed by atoms with Crippen molar-refractivity contribution >= 4 is 24.7 Å². The molecule has 3 rings (SSSR count). The van der Waals surface area contributed by atoms with Crippen molar-refractivity contribution in [3.8, 4) is 6.07 Å². The molecular formula is C27H30BF2N5O3. The molecule has 0 unspecified atom stereocenters. The van der Waals surface area contributed by atoms with Crippen molar-refractivity contribution in [3.63, 3.8) is 0 Å². The van der Waals surface area contributed by atoms with Crippen molar-refractivity contribution in [2.75, 3.05) is 5.32 Å². The molecule has 1 amide bonds. The standard InChI is InChI=1S/C27H30BF2N5O3/c1-16(18-8-11-21(29)22(30)12-18)34-25(36)23-24(33-15-20(13-31)35-23)32-14-17-6-9-19(10-7-17)28-38-27(4,5)26(2,3)37/h6-12,15-16,28,37H,14H2,1-5H3,(H,32,33)(H,34,36)/t16-/m0/s1. The van der Waals surface area contributed by atoms with Crippen LogP contribution < -0.4 is 16.1 Å². The van der Waals surface area contributed by atoms with Crippen LogP contribution in [0.2, 0.25) is 0 Å². The van der Waals surface area contributed by atoms with Crippen LogP contribution in [0.3, 0.4) is 0 Å². The van der Waals surface area contributed by atoms with E-state index < -0.39 is 34.8 Å². The summed E-state index contributed by atoms with van der Waals surface area (Å²) in [6, 6.07) is 12.2. The maximum Gasteiger partial charge on any atom is 0.309 e. The van der Waals surface area contributed by atoms with Crippen LogP contribution in [0, 0.1) is 23.0 Å². The molecule has 0 aliphatic rings. The van der Waals surface area contributed by atoms with Crippen molar-refractivity contribution in [2.24, 2.45) is 0 Å². The zero-order valence-corrected chi connectivity index (χ0v) is 22.0. The highest BCUT2D eigenvalue weighted by Gasteiger charge is 2.35. The number of benzene rings is 2. The van der Waals surface area contributed by atoms with Crippen LogP contribution in [0.5, 0.6) is 0 Å². The second-order valence-electron chi connectivity index (χ2n) is 9.96. The molecule has 38 heavy (non-hydrogen) atoms. The molecule has 1 atom stereocenters. The van der Waals surface area contributed by atoms with Gasteiger partial charge >= 0.3 is 7.48 Å². The molecule has 3 N–H and O–H groups in total. The number of hydrogen-bond acceptors (Lipinski definition) is 7. The molecule has 0 aliphatic carbocycles. The van der Waals surface area contributed by atoms with E-state index >= 15 is 0 Å². The highest BCUT2D eigenvalue weighted by Crippen LogP contribution is 2.24. The first-order chi connectivity index (χ1) is 17.8. The van der Waals surface area contributed by atoms with Gasteiger partial charge in [0.15, 0.2) is 28.8 Å². The summed E-state index contributed by atoms with van der Waals surface area (Å²) in [5, 5.41) is 25.2. The first-order valence-electron chi connectivity index (χ1n) is 12.0. The normalized spacial score (nSPS) is 12.4. The monoisotopic (exact) mass is 521 g/mol. The zero-order valence-electron chi connectivity index (χ0n) is 22.0. The van der Waals surface area contributed by atoms with Gasteiger partial charge in [0.25, 0.3) is 5.91 Å². The van der Waals surface area contributed by atoms with E-state index in [9.17, 15) is 23.9 Å². The third-order valence-corrected chi connectivity index (χ3v) is 6.45. The Bertz CT molecular complexity index is 1340. The van der Waals surface area contributed by atoms with Gasteiger partial charge in [-0.3, -0.25) is 4.79 Å². The van der Waals surface area contributed by atoms with Crippen LogP contribution in [0.15, 0.2) is 48.7 Å². The van der Waals surface area contributed by atoms with Crippen LogP contribution in [0.1, 0.15) is 68.0 Å². The van der Waals surface area contributed by atoms with E-state index in [0.717, 1.165) is 23.2 Å². The second-order valence-corrected chi connectivity index (χ2v) is 9.96. The lowest BCUT2D eigenvalue weighted by Gasteiger charge is -2.37. The third kappa shape index (κ3) is 7.12. The molecule has 0 spiro atoms. The second kappa shape index (κ2) is 11.7. The molecule has 0 saturated heterocycles. The molecule has 0 fully saturated rings. The predicted molar refractivity (Wildman–Crippen MR) is 141 cm³/mol. The van der Waals surface area contributed by atoms with Crippen molar-refractivity contribution in [3.05, 3.63) is 82.8 Å². The van der Waals surface area contributed by atoms with Crippen LogP contribution in [-0.4, -0.2) is 39.7 Å². The Morgan fingerprint density at radius 2 is 1.84 bits per heavy atom. The van der Waals surface area contributed by atoms with Crippen LogP contribution in [0.4, 0.5) is 14.6 Å². The van der Waals surface area contributed by atoms with Gasteiger partial charge in [-0.15, -0.1) is 0 Å². The van der Waals surface area contributed by atoms with E-state index in [2.05, 4.69) is 20.6 Å². The lowest BCUT2D eigenvalue weighted by molar-refractivity contribution is -0.0893. The van der Waals surface area contributed by atoms with Gasteiger partial charge in [-0.1, -0.05) is 35.8 Å². The molecule has 1 heterocycles. The number of aliphatic hydroxyl groups is 1. The fourth-order valence-electron chi connectivity index (χ4n) is 3.24. The van der Waals surface area contributed by atoms with E-state index in [4.69, 9.17) is 4.65 Å². The number of amides is 1. The number of rotatable bonds is 10.